The van der Waals surface area contributed by atoms with Crippen LogP contribution in [-0.2, 0) is 0 Å². The van der Waals surface area contributed by atoms with Gasteiger partial charge in [0, 0.05) is 5.69 Å². The summed E-state index contributed by atoms with van der Waals surface area (Å²) >= 11 is 0. The van der Waals surface area contributed by atoms with Crippen LogP contribution >= 0.6 is 0 Å². The van der Waals surface area contributed by atoms with Crippen molar-refractivity contribution in [3.05, 3.63) is 29.1 Å². The largest absolute Gasteiger partial charge is 0.398 e. The van der Waals surface area contributed by atoms with Crippen molar-refractivity contribution < 1.29 is 4.39 Å². The molecular formula is C8H10FN. The third kappa shape index (κ3) is 1.10. The van der Waals surface area contributed by atoms with Crippen molar-refractivity contribution in [3.8, 4) is 0 Å². The number of halogens is 1. The first-order chi connectivity index (χ1) is 4.61. The second kappa shape index (κ2) is 2.29. The number of nitrogen functional groups attached to an aromatic ring is 1. The zero-order valence-electron chi connectivity index (χ0n) is 6.11. The fourth-order valence-electron chi connectivity index (χ4n) is 0.922. The second-order valence-corrected chi connectivity index (χ2v) is 2.45. The molecule has 0 unspecified atom stereocenters. The van der Waals surface area contributed by atoms with Gasteiger partial charge in [0.25, 0.3) is 0 Å². The molecular weight excluding hydrogens is 129 g/mol. The smallest absolute Gasteiger partial charge is 0.123 e. The van der Waals surface area contributed by atoms with Gasteiger partial charge in [0.1, 0.15) is 5.82 Å². The Kier molecular flexibility index (Phi) is 1.62. The molecule has 1 aromatic rings. The van der Waals surface area contributed by atoms with Crippen molar-refractivity contribution in [1.29, 1.82) is 0 Å². The minimum Gasteiger partial charge on any atom is -0.398 e. The molecule has 0 heterocycles. The number of nitrogens with two attached hydrogens (primary N) is 1. The molecule has 0 atom stereocenters. The maximum absolute atomic E-state index is 12.6. The van der Waals surface area contributed by atoms with E-state index in [4.69, 9.17) is 5.73 Å². The highest BCUT2D eigenvalue weighted by Gasteiger charge is 1.99. The van der Waals surface area contributed by atoms with E-state index in [1.807, 2.05) is 0 Å². The Balaban J connectivity index is 3.31. The van der Waals surface area contributed by atoms with E-state index in [1.165, 1.54) is 12.1 Å². The third-order valence-corrected chi connectivity index (χ3v) is 1.56. The van der Waals surface area contributed by atoms with Gasteiger partial charge in [0.05, 0.1) is 0 Å². The normalized spacial score (nSPS) is 9.90. The van der Waals surface area contributed by atoms with Crippen LogP contribution in [0.5, 0.6) is 0 Å². The van der Waals surface area contributed by atoms with Crippen LogP contribution in [-0.4, -0.2) is 0 Å². The SMILES string of the molecule is Cc1cc(F)cc(C)c1N. The monoisotopic (exact) mass is 139 g/mol. The fourth-order valence-corrected chi connectivity index (χ4v) is 0.922. The molecule has 0 spiro atoms. The molecule has 0 fully saturated rings. The van der Waals surface area contributed by atoms with E-state index in [-0.39, 0.29) is 5.82 Å². The Morgan fingerprint density at radius 3 is 2.00 bits per heavy atom. The first-order valence-electron chi connectivity index (χ1n) is 3.13. The van der Waals surface area contributed by atoms with Gasteiger partial charge >= 0.3 is 0 Å². The van der Waals surface area contributed by atoms with Crippen molar-refractivity contribution in [2.24, 2.45) is 0 Å². The van der Waals surface area contributed by atoms with Gasteiger partial charge in [-0.15, -0.1) is 0 Å². The highest BCUT2D eigenvalue weighted by molar-refractivity contribution is 5.52. The molecule has 0 aromatic heterocycles. The Labute approximate surface area is 59.7 Å². The summed E-state index contributed by atoms with van der Waals surface area (Å²) in [6, 6.07) is 2.87. The number of rotatable bonds is 0. The highest BCUT2D eigenvalue weighted by Crippen LogP contribution is 2.16. The van der Waals surface area contributed by atoms with Crippen LogP contribution in [0.15, 0.2) is 12.1 Å². The quantitative estimate of drug-likeness (QED) is 0.547. The number of hydrogen-bond donors (Lipinski definition) is 1. The van der Waals surface area contributed by atoms with Crippen molar-refractivity contribution in [2.45, 2.75) is 13.8 Å². The van der Waals surface area contributed by atoms with E-state index in [0.717, 1.165) is 11.1 Å². The highest BCUT2D eigenvalue weighted by atomic mass is 19.1. The molecule has 2 N–H and O–H groups in total. The van der Waals surface area contributed by atoms with Crippen LogP contribution in [0.1, 0.15) is 11.1 Å². The van der Waals surface area contributed by atoms with Gasteiger partial charge in [-0.3, -0.25) is 0 Å². The number of benzene rings is 1. The van der Waals surface area contributed by atoms with Crippen LogP contribution in [0.25, 0.3) is 0 Å². The molecule has 0 saturated heterocycles. The summed E-state index contributed by atoms with van der Waals surface area (Å²) < 4.78 is 12.6. The topological polar surface area (TPSA) is 26.0 Å². The lowest BCUT2D eigenvalue weighted by Gasteiger charge is -2.02. The molecule has 0 aliphatic carbocycles. The molecule has 2 heteroatoms. The molecule has 54 valence electrons. The molecule has 1 aromatic carbocycles. The summed E-state index contributed by atoms with van der Waals surface area (Å²) in [5, 5.41) is 0. The average Bonchev–Trinajstić information content (AvgIpc) is 1.82. The molecule has 0 radical (unpaired) electrons. The zero-order chi connectivity index (χ0) is 7.72. The van der Waals surface area contributed by atoms with Crippen molar-refractivity contribution in [3.63, 3.8) is 0 Å². The van der Waals surface area contributed by atoms with Crippen LogP contribution in [0.2, 0.25) is 0 Å². The van der Waals surface area contributed by atoms with E-state index in [9.17, 15) is 4.39 Å². The van der Waals surface area contributed by atoms with Gasteiger partial charge in [-0.2, -0.15) is 0 Å². The van der Waals surface area contributed by atoms with E-state index in [0.29, 0.717) is 5.69 Å². The van der Waals surface area contributed by atoms with E-state index < -0.39 is 0 Å². The Hall–Kier alpha value is -1.05. The first kappa shape index (κ1) is 7.06. The maximum atomic E-state index is 12.6. The summed E-state index contributed by atoms with van der Waals surface area (Å²) in [6.07, 6.45) is 0. The molecule has 10 heavy (non-hydrogen) atoms. The summed E-state index contributed by atoms with van der Waals surface area (Å²) in [5.74, 6) is -0.218. The summed E-state index contributed by atoms with van der Waals surface area (Å²) in [7, 11) is 0. The van der Waals surface area contributed by atoms with Gasteiger partial charge in [0.15, 0.2) is 0 Å². The van der Waals surface area contributed by atoms with E-state index in [2.05, 4.69) is 0 Å². The molecule has 1 nitrogen and oxygen atoms in total. The molecule has 0 aliphatic heterocycles. The van der Waals surface area contributed by atoms with Crippen LogP contribution < -0.4 is 5.73 Å². The number of aryl methyl sites for hydroxylation is 2. The standard InChI is InChI=1S/C8H10FN/c1-5-3-7(9)4-6(2)8(5)10/h3-4H,10H2,1-2H3. The molecule has 1 rings (SSSR count). The maximum Gasteiger partial charge on any atom is 0.123 e. The zero-order valence-corrected chi connectivity index (χ0v) is 6.11. The van der Waals surface area contributed by atoms with Crippen molar-refractivity contribution in [2.75, 3.05) is 5.73 Å². The van der Waals surface area contributed by atoms with Gasteiger partial charge in [-0.1, -0.05) is 0 Å². The predicted molar refractivity (Wildman–Crippen MR) is 40.3 cm³/mol. The van der Waals surface area contributed by atoms with Crippen LogP contribution in [0, 0.1) is 19.7 Å². The lowest BCUT2D eigenvalue weighted by molar-refractivity contribution is 0.625. The molecule has 0 bridgehead atoms. The predicted octanol–water partition coefficient (Wildman–Crippen LogP) is 2.02. The Bertz CT molecular complexity index is 232. The molecule has 0 amide bonds. The molecule has 0 saturated carbocycles. The molecule has 0 aliphatic rings. The van der Waals surface area contributed by atoms with E-state index >= 15 is 0 Å². The van der Waals surface area contributed by atoms with Gasteiger partial charge in [0.2, 0.25) is 0 Å². The Morgan fingerprint density at radius 2 is 1.60 bits per heavy atom. The van der Waals surface area contributed by atoms with E-state index in [1.54, 1.807) is 13.8 Å². The van der Waals surface area contributed by atoms with Crippen LogP contribution in [0.3, 0.4) is 0 Å². The lowest BCUT2D eigenvalue weighted by Crippen LogP contribution is -1.94. The summed E-state index contributed by atoms with van der Waals surface area (Å²) in [6.45, 7) is 3.59. The minimum atomic E-state index is -0.218. The lowest BCUT2D eigenvalue weighted by atomic mass is 10.1. The van der Waals surface area contributed by atoms with Crippen LogP contribution in [0.4, 0.5) is 10.1 Å². The number of hydrogen-bond acceptors (Lipinski definition) is 1. The number of anilines is 1. The first-order valence-corrected chi connectivity index (χ1v) is 3.13. The summed E-state index contributed by atoms with van der Waals surface area (Å²) in [4.78, 5) is 0. The van der Waals surface area contributed by atoms with Gasteiger partial charge in [-0.25, -0.2) is 4.39 Å². The van der Waals surface area contributed by atoms with Gasteiger partial charge in [-0.05, 0) is 37.1 Å². The van der Waals surface area contributed by atoms with Gasteiger partial charge < -0.3 is 5.73 Å². The minimum absolute atomic E-state index is 0.218. The van der Waals surface area contributed by atoms with Crippen molar-refractivity contribution in [1.82, 2.24) is 0 Å². The summed E-state index contributed by atoms with van der Waals surface area (Å²) in [5.41, 5.74) is 7.87. The third-order valence-electron chi connectivity index (χ3n) is 1.56. The second-order valence-electron chi connectivity index (χ2n) is 2.45. The van der Waals surface area contributed by atoms with Crippen molar-refractivity contribution >= 4 is 5.69 Å². The fraction of sp³-hybridized carbons (Fsp3) is 0.250. The Morgan fingerprint density at radius 1 is 1.20 bits per heavy atom. The average molecular weight is 139 g/mol.